The summed E-state index contributed by atoms with van der Waals surface area (Å²) < 4.78 is 31.1. The summed E-state index contributed by atoms with van der Waals surface area (Å²) in [5.74, 6) is 0.758. The number of amides is 2. The van der Waals surface area contributed by atoms with Gasteiger partial charge in [-0.3, -0.25) is 4.79 Å². The molecule has 0 spiro atoms. The molecule has 0 aromatic rings. The van der Waals surface area contributed by atoms with E-state index in [1.165, 1.54) is 5.57 Å². The first-order valence-corrected chi connectivity index (χ1v) is 18.4. The first-order valence-electron chi connectivity index (χ1n) is 17.4. The van der Waals surface area contributed by atoms with Crippen LogP contribution < -0.4 is 5.32 Å². The first kappa shape index (κ1) is 40.1. The normalized spacial score (nSPS) is 30.0. The number of ether oxygens (including phenoxy) is 5. The third-order valence-electron chi connectivity index (χ3n) is 9.61. The third-order valence-corrected chi connectivity index (χ3v) is 10.6. The van der Waals surface area contributed by atoms with Crippen LogP contribution >= 0.6 is 22.9 Å². The Morgan fingerprint density at radius 1 is 1.13 bits per heavy atom. The van der Waals surface area contributed by atoms with Crippen LogP contribution in [0.3, 0.4) is 0 Å². The molecule has 3 rings (SSSR count). The summed E-state index contributed by atoms with van der Waals surface area (Å²) in [5.41, 5.74) is 0.964. The molecule has 3 saturated heterocycles. The lowest BCUT2D eigenvalue weighted by Gasteiger charge is -2.35. The summed E-state index contributed by atoms with van der Waals surface area (Å²) in [7, 11) is 1.64. The van der Waals surface area contributed by atoms with Crippen molar-refractivity contribution in [2.24, 2.45) is 17.8 Å². The molecule has 9 atom stereocenters. The highest BCUT2D eigenvalue weighted by atomic mass is 127. The van der Waals surface area contributed by atoms with Gasteiger partial charge < -0.3 is 39.0 Å². The number of methoxy groups -OCH3 is 1. The summed E-state index contributed by atoms with van der Waals surface area (Å²) in [6.45, 7) is 16.9. The number of carbonyl (C=O) groups is 2. The van der Waals surface area contributed by atoms with Crippen molar-refractivity contribution in [2.45, 2.75) is 110 Å². The van der Waals surface area contributed by atoms with Crippen molar-refractivity contribution in [3.05, 3.63) is 23.8 Å². The minimum absolute atomic E-state index is 0.00689. The molecule has 0 bridgehead atoms. The van der Waals surface area contributed by atoms with E-state index in [9.17, 15) is 14.7 Å². The molecule has 2 N–H and O–H groups in total. The van der Waals surface area contributed by atoms with Gasteiger partial charge in [0.25, 0.3) is 0 Å². The standard InChI is InChI=1S/C35H60IN3O8/c1-24(22-35(6)33(47-35)27(4)32(43-7)28(5)40)10-8-11-25(2)31-26(3)12-13-29(46-31)23-37-30(41)14-19-44-20-21-45-34(42)38-15-9-16-39(36)18-17-38/h8,10-11,24,26-29,31-33,40H,9,12-23H2,1-7H3,(H,37,41)/b10-8+,25-11+/t24-,26+,27-,28-,29-,31-,32-,33-,35-/m1/s1. The van der Waals surface area contributed by atoms with Gasteiger partial charge in [-0.1, -0.05) is 39.0 Å². The molecule has 2 amide bonds. The number of hydrogen-bond acceptors (Lipinski definition) is 9. The first-order chi connectivity index (χ1) is 22.3. The van der Waals surface area contributed by atoms with Gasteiger partial charge in [0.05, 0.1) is 49.3 Å². The quantitative estimate of drug-likeness (QED) is 0.0699. The maximum atomic E-state index is 12.4. The zero-order chi connectivity index (χ0) is 34.6. The second kappa shape index (κ2) is 19.8. The van der Waals surface area contributed by atoms with Crippen LogP contribution in [0, 0.1) is 17.8 Å². The number of carbonyl (C=O) groups excluding carboxylic acids is 2. The molecular formula is C35H60IN3O8. The van der Waals surface area contributed by atoms with Crippen LogP contribution in [0.1, 0.15) is 73.6 Å². The van der Waals surface area contributed by atoms with Gasteiger partial charge in [0.1, 0.15) is 6.61 Å². The largest absolute Gasteiger partial charge is 0.447 e. The van der Waals surface area contributed by atoms with Gasteiger partial charge in [0.15, 0.2) is 0 Å². The van der Waals surface area contributed by atoms with E-state index in [4.69, 9.17) is 23.7 Å². The van der Waals surface area contributed by atoms with Crippen LogP contribution in [0.5, 0.6) is 0 Å². The number of aliphatic hydroxyl groups is 1. The highest BCUT2D eigenvalue weighted by Crippen LogP contribution is 2.47. The Labute approximate surface area is 296 Å². The summed E-state index contributed by atoms with van der Waals surface area (Å²) in [4.78, 5) is 26.4. The fraction of sp³-hybridized carbons (Fsp3) is 0.829. The highest BCUT2D eigenvalue weighted by Gasteiger charge is 2.56. The Morgan fingerprint density at radius 2 is 1.89 bits per heavy atom. The zero-order valence-corrected chi connectivity index (χ0v) is 31.8. The molecule has 3 aliphatic rings. The topological polar surface area (TPSA) is 122 Å². The van der Waals surface area contributed by atoms with Crippen LogP contribution in [-0.2, 0) is 28.5 Å². The molecule has 0 aromatic heterocycles. The Morgan fingerprint density at radius 3 is 2.62 bits per heavy atom. The fourth-order valence-corrected chi connectivity index (χ4v) is 7.51. The van der Waals surface area contributed by atoms with E-state index in [2.05, 4.69) is 84.1 Å². The van der Waals surface area contributed by atoms with Gasteiger partial charge in [0, 0.05) is 75.0 Å². The molecule has 270 valence electrons. The number of hydrogen-bond donors (Lipinski definition) is 2. The zero-order valence-electron chi connectivity index (χ0n) is 29.6. The molecule has 0 aliphatic carbocycles. The number of halogens is 1. The number of rotatable bonds is 17. The number of nitrogens with zero attached hydrogens (tertiary/aromatic N) is 2. The minimum Gasteiger partial charge on any atom is -0.447 e. The van der Waals surface area contributed by atoms with Crippen molar-refractivity contribution in [1.82, 2.24) is 13.3 Å². The number of nitrogens with one attached hydrogen (secondary N) is 1. The summed E-state index contributed by atoms with van der Waals surface area (Å²) in [5, 5.41) is 13.0. The molecule has 12 heteroatoms. The molecule has 0 radical (unpaired) electrons. The van der Waals surface area contributed by atoms with Gasteiger partial charge in [-0.25, -0.2) is 7.91 Å². The Hall–Kier alpha value is -1.29. The van der Waals surface area contributed by atoms with E-state index in [1.54, 1.807) is 18.9 Å². The monoisotopic (exact) mass is 777 g/mol. The smallest absolute Gasteiger partial charge is 0.409 e. The van der Waals surface area contributed by atoms with Crippen molar-refractivity contribution < 1.29 is 38.4 Å². The van der Waals surface area contributed by atoms with E-state index in [0.29, 0.717) is 31.5 Å². The number of allylic oxidation sites excluding steroid dienone is 3. The van der Waals surface area contributed by atoms with E-state index in [1.807, 2.05) is 0 Å². The summed E-state index contributed by atoms with van der Waals surface area (Å²) in [6, 6.07) is 0. The Balaban J connectivity index is 1.31. The lowest BCUT2D eigenvalue weighted by atomic mass is 9.85. The summed E-state index contributed by atoms with van der Waals surface area (Å²) in [6.07, 6.45) is 9.46. The van der Waals surface area contributed by atoms with E-state index in [0.717, 1.165) is 38.8 Å². The molecule has 0 unspecified atom stereocenters. The van der Waals surface area contributed by atoms with Crippen LogP contribution in [0.15, 0.2) is 23.8 Å². The number of aliphatic hydroxyl groups excluding tert-OH is 1. The molecule has 47 heavy (non-hydrogen) atoms. The van der Waals surface area contributed by atoms with Crippen LogP contribution in [0.25, 0.3) is 0 Å². The molecule has 3 fully saturated rings. The summed E-state index contributed by atoms with van der Waals surface area (Å²) >= 11 is 2.28. The average molecular weight is 778 g/mol. The maximum Gasteiger partial charge on any atom is 0.409 e. The molecule has 3 aliphatic heterocycles. The van der Waals surface area contributed by atoms with Crippen molar-refractivity contribution in [3.63, 3.8) is 0 Å². The van der Waals surface area contributed by atoms with Gasteiger partial charge >= 0.3 is 6.09 Å². The van der Waals surface area contributed by atoms with Crippen molar-refractivity contribution in [2.75, 3.05) is 59.7 Å². The van der Waals surface area contributed by atoms with Crippen molar-refractivity contribution >= 4 is 34.9 Å². The van der Waals surface area contributed by atoms with E-state index < -0.39 is 6.10 Å². The lowest BCUT2D eigenvalue weighted by molar-refractivity contribution is -0.124. The lowest BCUT2D eigenvalue weighted by Crippen LogP contribution is -2.41. The van der Waals surface area contributed by atoms with Crippen molar-refractivity contribution in [1.29, 1.82) is 0 Å². The van der Waals surface area contributed by atoms with Gasteiger partial charge in [-0.2, -0.15) is 0 Å². The Kier molecular flexibility index (Phi) is 16.9. The van der Waals surface area contributed by atoms with Gasteiger partial charge in [-0.15, -0.1) is 0 Å². The van der Waals surface area contributed by atoms with Gasteiger partial charge in [-0.05, 0) is 63.9 Å². The predicted molar refractivity (Wildman–Crippen MR) is 190 cm³/mol. The Bertz CT molecular complexity index is 1040. The fourth-order valence-electron chi connectivity index (χ4n) is 6.95. The van der Waals surface area contributed by atoms with E-state index in [-0.39, 0.29) is 74.2 Å². The third kappa shape index (κ3) is 13.2. The predicted octanol–water partition coefficient (Wildman–Crippen LogP) is 4.91. The molecule has 11 nitrogen and oxygen atoms in total. The highest BCUT2D eigenvalue weighted by molar-refractivity contribution is 14.1. The van der Waals surface area contributed by atoms with Crippen LogP contribution in [0.4, 0.5) is 4.79 Å². The SMILES string of the molecule is CO[C@H]([C@@H](C)[C@H]1O[C@]1(C)C[C@H](C)/C=C/C=C(\C)[C@H]1O[C@@H](CNC(=O)CCOCCOC(=O)N2CCCN(I)CC2)CC[C@@H]1C)[C@@H](C)O. The van der Waals surface area contributed by atoms with Crippen molar-refractivity contribution in [3.8, 4) is 0 Å². The maximum absolute atomic E-state index is 12.4. The average Bonchev–Trinajstić information content (AvgIpc) is 3.74. The second-order valence-corrected chi connectivity index (χ2v) is 15.3. The van der Waals surface area contributed by atoms with Crippen LogP contribution in [-0.4, -0.2) is 121 Å². The molecular weight excluding hydrogens is 717 g/mol. The molecule has 0 aromatic carbocycles. The number of epoxide rings is 1. The molecule has 0 saturated carbocycles. The minimum atomic E-state index is -0.540. The van der Waals surface area contributed by atoms with Gasteiger partial charge in [0.2, 0.25) is 5.91 Å². The molecule has 3 heterocycles. The van der Waals surface area contributed by atoms with Crippen LogP contribution in [0.2, 0.25) is 0 Å². The second-order valence-electron chi connectivity index (χ2n) is 13.9. The van der Waals surface area contributed by atoms with E-state index >= 15 is 0 Å².